The quantitative estimate of drug-likeness (QED) is 0.782. The van der Waals surface area contributed by atoms with Crippen LogP contribution in [0, 0.1) is 5.82 Å². The van der Waals surface area contributed by atoms with E-state index in [9.17, 15) is 14.0 Å². The molecule has 0 bridgehead atoms. The Morgan fingerprint density at radius 3 is 3.00 bits per heavy atom. The van der Waals surface area contributed by atoms with E-state index in [4.69, 9.17) is 4.74 Å². The number of hydrogen-bond donors (Lipinski definition) is 0. The Hall–Kier alpha value is -1.95. The predicted molar refractivity (Wildman–Crippen MR) is 73.1 cm³/mol. The van der Waals surface area contributed by atoms with Crippen LogP contribution in [-0.4, -0.2) is 49.7 Å². The molecular formula is C15H18FNO4. The summed E-state index contributed by atoms with van der Waals surface area (Å²) in [5.74, 6) is -0.816. The van der Waals surface area contributed by atoms with Crippen LogP contribution in [0.2, 0.25) is 0 Å². The Balaban J connectivity index is 1.91. The summed E-state index contributed by atoms with van der Waals surface area (Å²) < 4.78 is 23.1. The molecule has 1 unspecified atom stereocenters. The van der Waals surface area contributed by atoms with Crippen molar-refractivity contribution >= 4 is 11.9 Å². The summed E-state index contributed by atoms with van der Waals surface area (Å²) in [5.41, 5.74) is 0.635. The van der Waals surface area contributed by atoms with Crippen molar-refractivity contribution < 1.29 is 23.5 Å². The normalized spacial score (nSPS) is 18.4. The zero-order chi connectivity index (χ0) is 15.2. The zero-order valence-corrected chi connectivity index (χ0v) is 11.9. The molecule has 6 heteroatoms. The van der Waals surface area contributed by atoms with Gasteiger partial charge in [0.2, 0.25) is 5.91 Å². The third kappa shape index (κ3) is 4.53. The number of carbonyl (C=O) groups is 2. The van der Waals surface area contributed by atoms with Crippen molar-refractivity contribution in [1.82, 2.24) is 4.90 Å². The maximum absolute atomic E-state index is 13.1. The molecule has 2 rings (SSSR count). The number of hydrogen-bond acceptors (Lipinski definition) is 4. The standard InChI is InChI=1S/C15H18FNO4/c1-20-15(19)9-13-10-17(5-6-21-13)14(18)8-11-3-2-4-12(16)7-11/h2-4,7,13H,5-6,8-10H2,1H3. The van der Waals surface area contributed by atoms with E-state index in [-0.39, 0.29) is 36.6 Å². The number of carbonyl (C=O) groups excluding carboxylic acids is 2. The first kappa shape index (κ1) is 15.4. The van der Waals surface area contributed by atoms with Gasteiger partial charge in [-0.3, -0.25) is 9.59 Å². The molecule has 1 aromatic rings. The van der Waals surface area contributed by atoms with Gasteiger partial charge in [-0.15, -0.1) is 0 Å². The van der Waals surface area contributed by atoms with E-state index in [0.717, 1.165) is 0 Å². The summed E-state index contributed by atoms with van der Waals surface area (Å²) in [6.45, 7) is 1.21. The van der Waals surface area contributed by atoms with E-state index in [2.05, 4.69) is 4.74 Å². The Kier molecular flexibility index (Phi) is 5.27. The fourth-order valence-corrected chi connectivity index (χ4v) is 2.27. The number of rotatable bonds is 4. The number of esters is 1. The number of halogens is 1. The van der Waals surface area contributed by atoms with Crippen molar-refractivity contribution in [3.05, 3.63) is 35.6 Å². The van der Waals surface area contributed by atoms with Crippen molar-refractivity contribution in [2.75, 3.05) is 26.8 Å². The first-order valence-electron chi connectivity index (χ1n) is 6.79. The van der Waals surface area contributed by atoms with Crippen LogP contribution >= 0.6 is 0 Å². The summed E-state index contributed by atoms with van der Waals surface area (Å²) in [7, 11) is 1.32. The maximum atomic E-state index is 13.1. The van der Waals surface area contributed by atoms with Crippen LogP contribution in [0.25, 0.3) is 0 Å². The molecular weight excluding hydrogens is 277 g/mol. The average Bonchev–Trinajstić information content (AvgIpc) is 2.47. The summed E-state index contributed by atoms with van der Waals surface area (Å²) in [5, 5.41) is 0. The van der Waals surface area contributed by atoms with Crippen molar-refractivity contribution in [3.63, 3.8) is 0 Å². The molecule has 114 valence electrons. The highest BCUT2D eigenvalue weighted by atomic mass is 19.1. The van der Waals surface area contributed by atoms with Gasteiger partial charge in [-0.2, -0.15) is 0 Å². The highest BCUT2D eigenvalue weighted by molar-refractivity contribution is 5.79. The highest BCUT2D eigenvalue weighted by Crippen LogP contribution is 2.12. The summed E-state index contributed by atoms with van der Waals surface area (Å²) in [4.78, 5) is 25.1. The van der Waals surface area contributed by atoms with E-state index >= 15 is 0 Å². The second kappa shape index (κ2) is 7.17. The van der Waals surface area contributed by atoms with Crippen molar-refractivity contribution in [2.24, 2.45) is 0 Å². The second-order valence-corrected chi connectivity index (χ2v) is 4.92. The number of morpholine rings is 1. The van der Waals surface area contributed by atoms with Gasteiger partial charge in [-0.05, 0) is 17.7 Å². The van der Waals surface area contributed by atoms with Crippen LogP contribution in [0.5, 0.6) is 0 Å². The molecule has 1 aromatic carbocycles. The highest BCUT2D eigenvalue weighted by Gasteiger charge is 2.26. The van der Waals surface area contributed by atoms with E-state index in [1.807, 2.05) is 0 Å². The number of benzene rings is 1. The summed E-state index contributed by atoms with van der Waals surface area (Å²) in [6, 6.07) is 5.99. The maximum Gasteiger partial charge on any atom is 0.308 e. The summed E-state index contributed by atoms with van der Waals surface area (Å²) in [6.07, 6.45) is -0.0779. The van der Waals surface area contributed by atoms with Crippen LogP contribution in [-0.2, 0) is 25.5 Å². The molecule has 1 fully saturated rings. The van der Waals surface area contributed by atoms with Gasteiger partial charge in [0.05, 0.1) is 32.7 Å². The molecule has 1 atom stereocenters. The monoisotopic (exact) mass is 295 g/mol. The van der Waals surface area contributed by atoms with Gasteiger partial charge in [0.15, 0.2) is 0 Å². The first-order valence-corrected chi connectivity index (χ1v) is 6.79. The molecule has 21 heavy (non-hydrogen) atoms. The molecule has 1 aliphatic heterocycles. The Bertz CT molecular complexity index is 520. The Morgan fingerprint density at radius 1 is 1.48 bits per heavy atom. The lowest BCUT2D eigenvalue weighted by molar-refractivity contribution is -0.149. The van der Waals surface area contributed by atoms with Crippen LogP contribution in [0.15, 0.2) is 24.3 Å². The molecule has 0 N–H and O–H groups in total. The number of amides is 1. The van der Waals surface area contributed by atoms with E-state index < -0.39 is 0 Å². The zero-order valence-electron chi connectivity index (χ0n) is 11.9. The minimum absolute atomic E-state index is 0.0984. The second-order valence-electron chi connectivity index (χ2n) is 4.92. The predicted octanol–water partition coefficient (Wildman–Crippen LogP) is 1.16. The van der Waals surface area contributed by atoms with Gasteiger partial charge in [-0.25, -0.2) is 4.39 Å². The molecule has 0 saturated carbocycles. The van der Waals surface area contributed by atoms with Crippen molar-refractivity contribution in [2.45, 2.75) is 18.9 Å². The molecule has 1 aliphatic rings. The smallest absolute Gasteiger partial charge is 0.308 e. The SMILES string of the molecule is COC(=O)CC1CN(C(=O)Cc2cccc(F)c2)CCO1. The molecule has 1 amide bonds. The average molecular weight is 295 g/mol. The van der Waals surface area contributed by atoms with Gasteiger partial charge < -0.3 is 14.4 Å². The molecule has 0 aliphatic carbocycles. The molecule has 5 nitrogen and oxygen atoms in total. The number of methoxy groups -OCH3 is 1. The third-order valence-electron chi connectivity index (χ3n) is 3.36. The lowest BCUT2D eigenvalue weighted by Gasteiger charge is -2.32. The van der Waals surface area contributed by atoms with E-state index in [1.54, 1.807) is 17.0 Å². The minimum atomic E-state index is -0.362. The lowest BCUT2D eigenvalue weighted by Crippen LogP contribution is -2.46. The third-order valence-corrected chi connectivity index (χ3v) is 3.36. The van der Waals surface area contributed by atoms with Gasteiger partial charge in [0, 0.05) is 13.1 Å². The van der Waals surface area contributed by atoms with Crippen LogP contribution in [0.3, 0.4) is 0 Å². The number of nitrogens with zero attached hydrogens (tertiary/aromatic N) is 1. The van der Waals surface area contributed by atoms with Crippen molar-refractivity contribution in [1.29, 1.82) is 0 Å². The topological polar surface area (TPSA) is 55.8 Å². The molecule has 0 spiro atoms. The molecule has 1 heterocycles. The van der Waals surface area contributed by atoms with Crippen molar-refractivity contribution in [3.8, 4) is 0 Å². The van der Waals surface area contributed by atoms with E-state index in [1.165, 1.54) is 19.2 Å². The first-order chi connectivity index (χ1) is 10.1. The van der Waals surface area contributed by atoms with Gasteiger partial charge in [-0.1, -0.05) is 12.1 Å². The molecule has 1 saturated heterocycles. The van der Waals surface area contributed by atoms with Crippen LogP contribution < -0.4 is 0 Å². The largest absolute Gasteiger partial charge is 0.469 e. The van der Waals surface area contributed by atoms with Gasteiger partial charge in [0.25, 0.3) is 0 Å². The molecule has 0 radical (unpaired) electrons. The van der Waals surface area contributed by atoms with Gasteiger partial charge in [0.1, 0.15) is 5.82 Å². The minimum Gasteiger partial charge on any atom is -0.469 e. The summed E-state index contributed by atoms with van der Waals surface area (Å²) >= 11 is 0. The number of ether oxygens (including phenoxy) is 2. The fraction of sp³-hybridized carbons (Fsp3) is 0.467. The fourth-order valence-electron chi connectivity index (χ4n) is 2.27. The van der Waals surface area contributed by atoms with Crippen LogP contribution in [0.1, 0.15) is 12.0 Å². The van der Waals surface area contributed by atoms with Gasteiger partial charge >= 0.3 is 5.97 Å². The Labute approximate surface area is 122 Å². The van der Waals surface area contributed by atoms with Crippen LogP contribution in [0.4, 0.5) is 4.39 Å². The van der Waals surface area contributed by atoms with E-state index in [0.29, 0.717) is 25.3 Å². The molecule has 0 aromatic heterocycles. The lowest BCUT2D eigenvalue weighted by atomic mass is 10.1. The Morgan fingerprint density at radius 2 is 2.29 bits per heavy atom.